The van der Waals surface area contributed by atoms with Crippen molar-refractivity contribution in [3.63, 3.8) is 0 Å². The molecule has 0 atom stereocenters. The molecule has 4 nitrogen and oxygen atoms in total. The molecule has 0 fully saturated rings. The molecule has 0 aliphatic heterocycles. The van der Waals surface area contributed by atoms with E-state index in [2.05, 4.69) is 11.7 Å². The first-order chi connectivity index (χ1) is 8.18. The van der Waals surface area contributed by atoms with Gasteiger partial charge in [0.1, 0.15) is 0 Å². The van der Waals surface area contributed by atoms with Gasteiger partial charge in [0.15, 0.2) is 5.97 Å². The summed E-state index contributed by atoms with van der Waals surface area (Å²) >= 11 is 0. The quantitative estimate of drug-likeness (QED) is 0.219. The van der Waals surface area contributed by atoms with Gasteiger partial charge in [-0.3, -0.25) is 0 Å². The molecule has 0 amide bonds. The molecule has 0 heterocycles. The Balaban J connectivity index is 0. The monoisotopic (exact) mass is 282 g/mol. The predicted octanol–water partition coefficient (Wildman–Crippen LogP) is -1.19. The molecule has 0 unspecified atom stereocenters. The summed E-state index contributed by atoms with van der Waals surface area (Å²) in [6.07, 6.45) is 10.5. The number of aliphatic carboxylic acids is 1. The molecule has 0 radical (unpaired) electrons. The summed E-state index contributed by atoms with van der Waals surface area (Å²) in [6, 6.07) is 0. The van der Waals surface area contributed by atoms with E-state index in [1.807, 2.05) is 0 Å². The Morgan fingerprint density at radius 2 is 1.33 bits per heavy atom. The van der Waals surface area contributed by atoms with Gasteiger partial charge in [-0.25, -0.2) is 4.79 Å². The van der Waals surface area contributed by atoms with Crippen LogP contribution in [0.2, 0.25) is 0 Å². The van der Waals surface area contributed by atoms with Gasteiger partial charge in [-0.05, 0) is 6.42 Å². The molecular weight excluding hydrogens is 259 g/mol. The summed E-state index contributed by atoms with van der Waals surface area (Å²) in [7, 11) is 0. The Morgan fingerprint density at radius 1 is 0.889 bits per heavy atom. The summed E-state index contributed by atoms with van der Waals surface area (Å²) in [5.41, 5.74) is 0. The number of unbranched alkanes of at least 4 members (excludes halogenated alkanes) is 8. The van der Waals surface area contributed by atoms with Crippen molar-refractivity contribution in [2.75, 3.05) is 6.61 Å². The van der Waals surface area contributed by atoms with E-state index in [1.165, 1.54) is 38.5 Å². The number of carboxylic acid groups (broad SMARTS) is 1. The van der Waals surface area contributed by atoms with Crippen LogP contribution in [0, 0.1) is 0 Å². The van der Waals surface area contributed by atoms with E-state index < -0.39 is 11.9 Å². The molecule has 0 rings (SSSR count). The third kappa shape index (κ3) is 14.6. The van der Waals surface area contributed by atoms with E-state index in [0.29, 0.717) is 0 Å². The van der Waals surface area contributed by atoms with Crippen molar-refractivity contribution in [3.8, 4) is 0 Å². The summed E-state index contributed by atoms with van der Waals surface area (Å²) in [6.45, 7) is 2.39. The molecule has 0 aliphatic carbocycles. The molecule has 18 heavy (non-hydrogen) atoms. The Morgan fingerprint density at radius 3 is 1.78 bits per heavy atom. The molecule has 0 aromatic heterocycles. The van der Waals surface area contributed by atoms with Gasteiger partial charge in [0, 0.05) is 0 Å². The SMILES string of the molecule is CCCCCCCCCCCOC(=O)C(=O)[O-].[K+]. The third-order valence-corrected chi connectivity index (χ3v) is 2.65. The van der Waals surface area contributed by atoms with E-state index in [0.717, 1.165) is 19.3 Å². The standard InChI is InChI=1S/C13H24O4.K/c1-2-3-4-5-6-7-8-9-10-11-17-13(16)12(14)15;/h2-11H2,1H3,(H,14,15);/q;+1/p-1. The minimum absolute atomic E-state index is 0. The second kappa shape index (κ2) is 15.6. The van der Waals surface area contributed by atoms with Crippen LogP contribution in [0.1, 0.15) is 64.7 Å². The molecule has 5 heteroatoms. The van der Waals surface area contributed by atoms with Crippen molar-refractivity contribution >= 4 is 11.9 Å². The Hall–Kier alpha value is 0.576. The van der Waals surface area contributed by atoms with Gasteiger partial charge in [-0.1, -0.05) is 58.3 Å². The summed E-state index contributed by atoms with van der Waals surface area (Å²) in [5, 5.41) is 10.0. The molecule has 0 N–H and O–H groups in total. The molecule has 0 spiro atoms. The molecular formula is C13H23KO4. The number of rotatable bonds is 10. The van der Waals surface area contributed by atoms with Crippen molar-refractivity contribution in [1.82, 2.24) is 0 Å². The number of hydrogen-bond acceptors (Lipinski definition) is 4. The topological polar surface area (TPSA) is 66.4 Å². The fourth-order valence-electron chi connectivity index (χ4n) is 1.64. The molecule has 0 aromatic carbocycles. The van der Waals surface area contributed by atoms with Crippen molar-refractivity contribution in [1.29, 1.82) is 0 Å². The minimum atomic E-state index is -1.76. The van der Waals surface area contributed by atoms with Gasteiger partial charge >= 0.3 is 57.4 Å². The van der Waals surface area contributed by atoms with E-state index in [-0.39, 0.29) is 58.0 Å². The van der Waals surface area contributed by atoms with Crippen molar-refractivity contribution in [2.45, 2.75) is 64.7 Å². The first-order valence-electron chi connectivity index (χ1n) is 6.56. The zero-order chi connectivity index (χ0) is 12.9. The number of carboxylic acids is 1. The van der Waals surface area contributed by atoms with Gasteiger partial charge in [0.25, 0.3) is 0 Å². The van der Waals surface area contributed by atoms with Crippen LogP contribution in [0.3, 0.4) is 0 Å². The van der Waals surface area contributed by atoms with E-state index in [9.17, 15) is 14.7 Å². The second-order valence-corrected chi connectivity index (χ2v) is 4.25. The number of carbonyl (C=O) groups is 2. The van der Waals surface area contributed by atoms with Crippen LogP contribution in [0.5, 0.6) is 0 Å². The third-order valence-electron chi connectivity index (χ3n) is 2.65. The average molecular weight is 282 g/mol. The molecule has 0 saturated carbocycles. The summed E-state index contributed by atoms with van der Waals surface area (Å²) in [5.74, 6) is -3.02. The first kappa shape index (κ1) is 20.9. The van der Waals surface area contributed by atoms with Gasteiger partial charge in [-0.2, -0.15) is 0 Å². The van der Waals surface area contributed by atoms with Crippen molar-refractivity contribution in [2.24, 2.45) is 0 Å². The number of hydrogen-bond donors (Lipinski definition) is 0. The maximum atomic E-state index is 10.5. The number of esters is 1. The van der Waals surface area contributed by atoms with Gasteiger partial charge in [0.05, 0.1) is 6.61 Å². The Kier molecular flexibility index (Phi) is 18.1. The number of carbonyl (C=O) groups excluding carboxylic acids is 2. The van der Waals surface area contributed by atoms with Crippen LogP contribution in [-0.4, -0.2) is 18.5 Å². The van der Waals surface area contributed by atoms with Crippen LogP contribution >= 0.6 is 0 Å². The zero-order valence-corrected chi connectivity index (χ0v) is 14.8. The van der Waals surface area contributed by atoms with Crippen LogP contribution in [0.25, 0.3) is 0 Å². The first-order valence-corrected chi connectivity index (χ1v) is 6.56. The summed E-state index contributed by atoms with van der Waals surface area (Å²) < 4.78 is 4.46. The molecule has 0 aromatic rings. The summed E-state index contributed by atoms with van der Waals surface area (Å²) in [4.78, 5) is 20.5. The van der Waals surface area contributed by atoms with Crippen LogP contribution in [-0.2, 0) is 14.3 Å². The predicted molar refractivity (Wildman–Crippen MR) is 63.2 cm³/mol. The van der Waals surface area contributed by atoms with Gasteiger partial charge in [0.2, 0.25) is 0 Å². The molecule has 0 saturated heterocycles. The molecule has 100 valence electrons. The Bertz CT molecular complexity index is 219. The Labute approximate surface area is 152 Å². The smallest absolute Gasteiger partial charge is 0.539 e. The number of ether oxygens (including phenoxy) is 1. The van der Waals surface area contributed by atoms with Crippen LogP contribution in [0.4, 0.5) is 0 Å². The maximum Gasteiger partial charge on any atom is 1.00 e. The fourth-order valence-corrected chi connectivity index (χ4v) is 1.64. The average Bonchev–Trinajstić information content (AvgIpc) is 2.31. The fraction of sp³-hybridized carbons (Fsp3) is 0.846. The van der Waals surface area contributed by atoms with Crippen LogP contribution < -0.4 is 56.5 Å². The maximum absolute atomic E-state index is 10.5. The van der Waals surface area contributed by atoms with Gasteiger partial charge in [-0.15, -0.1) is 0 Å². The second-order valence-electron chi connectivity index (χ2n) is 4.25. The van der Waals surface area contributed by atoms with Crippen LogP contribution in [0.15, 0.2) is 0 Å². The van der Waals surface area contributed by atoms with E-state index in [1.54, 1.807) is 0 Å². The van der Waals surface area contributed by atoms with E-state index >= 15 is 0 Å². The zero-order valence-electron chi connectivity index (χ0n) is 11.7. The normalized spacial score (nSPS) is 9.61. The van der Waals surface area contributed by atoms with Gasteiger partial charge < -0.3 is 14.6 Å². The van der Waals surface area contributed by atoms with E-state index in [4.69, 9.17) is 0 Å². The van der Waals surface area contributed by atoms with Crippen molar-refractivity contribution < 1.29 is 70.8 Å². The molecule has 0 aliphatic rings. The minimum Gasteiger partial charge on any atom is -0.539 e. The molecule has 0 bridgehead atoms. The van der Waals surface area contributed by atoms with Crippen molar-refractivity contribution in [3.05, 3.63) is 0 Å². The largest absolute Gasteiger partial charge is 1.00 e.